The quantitative estimate of drug-likeness (QED) is 0.845. The lowest BCUT2D eigenvalue weighted by molar-refractivity contribution is 0.565. The second-order valence-electron chi connectivity index (χ2n) is 7.14. The van der Waals surface area contributed by atoms with Crippen LogP contribution >= 0.6 is 0 Å². The van der Waals surface area contributed by atoms with Crippen LogP contribution < -0.4 is 4.72 Å². The molecule has 1 atom stereocenters. The highest BCUT2D eigenvalue weighted by Gasteiger charge is 2.25. The van der Waals surface area contributed by atoms with Crippen molar-refractivity contribution >= 4 is 10.0 Å². The number of aryl methyl sites for hydroxylation is 2. The van der Waals surface area contributed by atoms with Crippen LogP contribution in [0.15, 0.2) is 23.1 Å². The van der Waals surface area contributed by atoms with Crippen LogP contribution in [0.25, 0.3) is 0 Å². The van der Waals surface area contributed by atoms with E-state index in [2.05, 4.69) is 11.6 Å². The summed E-state index contributed by atoms with van der Waals surface area (Å²) in [4.78, 5) is 0.420. The molecule has 2 rings (SSSR count). The maximum Gasteiger partial charge on any atom is 0.241 e. The molecule has 3 nitrogen and oxygen atoms in total. The molecule has 2 aromatic rings. The molecule has 0 heterocycles. The molecular formula is C21H29NO2S. The summed E-state index contributed by atoms with van der Waals surface area (Å²) in [7, 11) is -3.60. The minimum atomic E-state index is -3.60. The summed E-state index contributed by atoms with van der Waals surface area (Å²) < 4.78 is 29.1. The first-order chi connectivity index (χ1) is 11.5. The van der Waals surface area contributed by atoms with E-state index in [0.29, 0.717) is 4.90 Å². The second kappa shape index (κ2) is 6.93. The van der Waals surface area contributed by atoms with Gasteiger partial charge in [-0.2, -0.15) is 0 Å². The Hall–Kier alpha value is -1.65. The van der Waals surface area contributed by atoms with Crippen LogP contribution in [0.3, 0.4) is 0 Å². The van der Waals surface area contributed by atoms with Crippen molar-refractivity contribution < 1.29 is 8.42 Å². The van der Waals surface area contributed by atoms with Crippen LogP contribution in [0.2, 0.25) is 0 Å². The van der Waals surface area contributed by atoms with E-state index in [1.807, 2.05) is 66.7 Å². The summed E-state index contributed by atoms with van der Waals surface area (Å²) in [5, 5.41) is 0. The second-order valence-corrected chi connectivity index (χ2v) is 8.79. The fourth-order valence-electron chi connectivity index (χ4n) is 3.26. The van der Waals surface area contributed by atoms with Crippen molar-refractivity contribution in [1.29, 1.82) is 0 Å². The molecule has 0 aliphatic rings. The van der Waals surface area contributed by atoms with Crippen molar-refractivity contribution in [3.63, 3.8) is 0 Å². The number of benzene rings is 2. The molecule has 1 N–H and O–H groups in total. The summed E-state index contributed by atoms with van der Waals surface area (Å²) in [6.45, 7) is 15.8. The molecule has 0 bridgehead atoms. The minimum absolute atomic E-state index is 0.287. The fourth-order valence-corrected chi connectivity index (χ4v) is 5.09. The maximum atomic E-state index is 13.1. The first-order valence-corrected chi connectivity index (χ1v) is 10.1. The molecule has 0 radical (unpaired) electrons. The van der Waals surface area contributed by atoms with E-state index in [4.69, 9.17) is 0 Å². The van der Waals surface area contributed by atoms with Crippen molar-refractivity contribution in [2.45, 2.75) is 66.3 Å². The SMILES string of the molecule is Cc1ccc(C(C)NS(=O)(=O)c2c(C)c(C)c(C)c(C)c2C)cc1C. The number of hydrogen-bond donors (Lipinski definition) is 1. The van der Waals surface area contributed by atoms with Crippen LogP contribution in [0, 0.1) is 48.5 Å². The highest BCUT2D eigenvalue weighted by molar-refractivity contribution is 7.89. The van der Waals surface area contributed by atoms with Gasteiger partial charge in [-0.15, -0.1) is 0 Å². The molecule has 4 heteroatoms. The predicted molar refractivity (Wildman–Crippen MR) is 105 cm³/mol. The molecule has 0 fully saturated rings. The van der Waals surface area contributed by atoms with Gasteiger partial charge in [0.1, 0.15) is 0 Å². The van der Waals surface area contributed by atoms with Crippen molar-refractivity contribution in [1.82, 2.24) is 4.72 Å². The smallest absolute Gasteiger partial charge is 0.207 e. The standard InChI is InChI=1S/C21H29NO2S/c1-12-9-10-20(11-13(12)2)19(8)22-25(23,24)21-17(6)15(4)14(3)16(5)18(21)7/h9-11,19,22H,1-8H3. The van der Waals surface area contributed by atoms with E-state index < -0.39 is 10.0 Å². The van der Waals surface area contributed by atoms with Gasteiger partial charge < -0.3 is 0 Å². The van der Waals surface area contributed by atoms with Gasteiger partial charge in [-0.3, -0.25) is 0 Å². The van der Waals surface area contributed by atoms with Gasteiger partial charge in [0, 0.05) is 6.04 Å². The lowest BCUT2D eigenvalue weighted by atomic mass is 9.95. The summed E-state index contributed by atoms with van der Waals surface area (Å²) in [5.41, 5.74) is 8.26. The molecular weight excluding hydrogens is 330 g/mol. The monoisotopic (exact) mass is 359 g/mol. The molecule has 1 unspecified atom stereocenters. The molecule has 136 valence electrons. The first-order valence-electron chi connectivity index (χ1n) is 8.63. The number of nitrogens with one attached hydrogen (secondary N) is 1. The van der Waals surface area contributed by atoms with Gasteiger partial charge >= 0.3 is 0 Å². The Labute approximate surface area is 152 Å². The molecule has 2 aromatic carbocycles. The largest absolute Gasteiger partial charge is 0.241 e. The van der Waals surface area contributed by atoms with E-state index in [0.717, 1.165) is 38.9 Å². The third kappa shape index (κ3) is 3.65. The van der Waals surface area contributed by atoms with E-state index in [9.17, 15) is 8.42 Å². The van der Waals surface area contributed by atoms with Crippen LogP contribution in [0.4, 0.5) is 0 Å². The Bertz CT molecular complexity index is 898. The minimum Gasteiger partial charge on any atom is -0.207 e. The zero-order valence-corrected chi connectivity index (χ0v) is 17.4. The zero-order valence-electron chi connectivity index (χ0n) is 16.5. The van der Waals surface area contributed by atoms with Gasteiger partial charge in [0.25, 0.3) is 0 Å². The average Bonchev–Trinajstić information content (AvgIpc) is 2.53. The van der Waals surface area contributed by atoms with Gasteiger partial charge in [0.15, 0.2) is 0 Å². The third-order valence-corrected chi connectivity index (χ3v) is 7.38. The molecule has 0 amide bonds. The predicted octanol–water partition coefficient (Wildman–Crippen LogP) is 4.89. The van der Waals surface area contributed by atoms with Gasteiger partial charge in [0.2, 0.25) is 10.0 Å². The Balaban J connectivity index is 2.48. The highest BCUT2D eigenvalue weighted by atomic mass is 32.2. The first kappa shape index (κ1) is 19.7. The summed E-state index contributed by atoms with van der Waals surface area (Å²) in [6, 6.07) is 5.78. The molecule has 0 aliphatic heterocycles. The maximum absolute atomic E-state index is 13.1. The summed E-state index contributed by atoms with van der Waals surface area (Å²) >= 11 is 0. The fraction of sp³-hybridized carbons (Fsp3) is 0.429. The van der Waals surface area contributed by atoms with Crippen LogP contribution in [0.1, 0.15) is 57.5 Å². The third-order valence-electron chi connectivity index (χ3n) is 5.56. The molecule has 0 saturated heterocycles. The van der Waals surface area contributed by atoms with Gasteiger partial charge in [-0.1, -0.05) is 18.2 Å². The van der Waals surface area contributed by atoms with Crippen molar-refractivity contribution in [3.05, 3.63) is 62.7 Å². The lowest BCUT2D eigenvalue weighted by Crippen LogP contribution is -2.29. The van der Waals surface area contributed by atoms with E-state index in [1.54, 1.807) is 0 Å². The molecule has 25 heavy (non-hydrogen) atoms. The Morgan fingerprint density at radius 2 is 1.24 bits per heavy atom. The highest BCUT2D eigenvalue weighted by Crippen LogP contribution is 2.30. The van der Waals surface area contributed by atoms with Gasteiger partial charge in [0.05, 0.1) is 4.90 Å². The summed E-state index contributed by atoms with van der Waals surface area (Å²) in [6.07, 6.45) is 0. The van der Waals surface area contributed by atoms with Crippen molar-refractivity contribution in [2.75, 3.05) is 0 Å². The Morgan fingerprint density at radius 1 is 0.760 bits per heavy atom. The molecule has 0 saturated carbocycles. The zero-order chi connectivity index (χ0) is 19.1. The Morgan fingerprint density at radius 3 is 1.72 bits per heavy atom. The molecule has 0 aromatic heterocycles. The van der Waals surface area contributed by atoms with Gasteiger partial charge in [-0.05, 0) is 99.9 Å². The van der Waals surface area contributed by atoms with Crippen molar-refractivity contribution in [2.24, 2.45) is 0 Å². The number of sulfonamides is 1. The van der Waals surface area contributed by atoms with Gasteiger partial charge in [-0.25, -0.2) is 13.1 Å². The lowest BCUT2D eigenvalue weighted by Gasteiger charge is -2.21. The molecule has 0 aliphatic carbocycles. The van der Waals surface area contributed by atoms with E-state index in [1.165, 1.54) is 5.56 Å². The summed E-state index contributed by atoms with van der Waals surface area (Å²) in [5.74, 6) is 0. The van der Waals surface area contributed by atoms with Crippen LogP contribution in [-0.2, 0) is 10.0 Å². The Kier molecular flexibility index (Phi) is 5.45. The number of hydrogen-bond acceptors (Lipinski definition) is 2. The average molecular weight is 360 g/mol. The van der Waals surface area contributed by atoms with Crippen LogP contribution in [0.5, 0.6) is 0 Å². The van der Waals surface area contributed by atoms with Crippen molar-refractivity contribution in [3.8, 4) is 0 Å². The topological polar surface area (TPSA) is 46.2 Å². The number of rotatable bonds is 4. The normalized spacial score (nSPS) is 13.1. The van der Waals surface area contributed by atoms with E-state index >= 15 is 0 Å². The van der Waals surface area contributed by atoms with Crippen LogP contribution in [-0.4, -0.2) is 8.42 Å². The van der Waals surface area contributed by atoms with E-state index in [-0.39, 0.29) is 6.04 Å². The molecule has 0 spiro atoms.